The molecule has 0 N–H and O–H groups in total. The first kappa shape index (κ1) is 32.0. The number of nitrogens with zero attached hydrogens (tertiary/aromatic N) is 1. The van der Waals surface area contributed by atoms with Crippen LogP contribution in [0.15, 0.2) is 24.3 Å². The molecule has 1 aromatic carbocycles. The van der Waals surface area contributed by atoms with Crippen LogP contribution in [0.5, 0.6) is 11.5 Å². The van der Waals surface area contributed by atoms with E-state index in [2.05, 4.69) is 18.0 Å². The first-order chi connectivity index (χ1) is 21.8. The van der Waals surface area contributed by atoms with Crippen LogP contribution in [-0.2, 0) is 64.2 Å². The number of rotatable bonds is 7. The van der Waals surface area contributed by atoms with Gasteiger partial charge in [-0.3, -0.25) is 19.2 Å². The molecule has 46 heavy (non-hydrogen) atoms. The zero-order valence-electron chi connectivity index (χ0n) is 26.4. The first-order valence-electron chi connectivity index (χ1n) is 15.2. The average Bonchev–Trinajstić information content (AvgIpc) is 3.33. The molecule has 0 aromatic heterocycles. The van der Waals surface area contributed by atoms with Crippen LogP contribution in [0, 0.1) is 5.92 Å². The number of hydrogen-bond donors (Lipinski definition) is 0. The third-order valence-corrected chi connectivity index (χ3v) is 9.49. The Labute approximate surface area is 265 Å². The summed E-state index contributed by atoms with van der Waals surface area (Å²) in [5, 5.41) is 0. The van der Waals surface area contributed by atoms with E-state index in [4.69, 9.17) is 37.9 Å². The molecule has 6 rings (SSSR count). The Bertz CT molecular complexity index is 1490. The Morgan fingerprint density at radius 1 is 0.891 bits per heavy atom. The van der Waals surface area contributed by atoms with Gasteiger partial charge in [-0.05, 0) is 38.1 Å². The predicted octanol–water partition coefficient (Wildman–Crippen LogP) is 1.14. The lowest BCUT2D eigenvalue weighted by molar-refractivity contribution is -0.313. The van der Waals surface area contributed by atoms with Crippen LogP contribution in [0.4, 0.5) is 0 Å². The van der Waals surface area contributed by atoms with Gasteiger partial charge in [-0.2, -0.15) is 0 Å². The van der Waals surface area contributed by atoms with E-state index in [1.807, 2.05) is 12.1 Å². The van der Waals surface area contributed by atoms with Crippen LogP contribution in [0.1, 0.15) is 45.2 Å². The fourth-order valence-corrected chi connectivity index (χ4v) is 7.91. The topological polar surface area (TPSA) is 162 Å². The summed E-state index contributed by atoms with van der Waals surface area (Å²) in [7, 11) is 3.22. The molecule has 1 aromatic rings. The minimum absolute atomic E-state index is 0.0407. The molecule has 2 fully saturated rings. The van der Waals surface area contributed by atoms with Gasteiger partial charge in [0, 0.05) is 50.6 Å². The quantitative estimate of drug-likeness (QED) is 0.180. The van der Waals surface area contributed by atoms with Crippen molar-refractivity contribution in [3.63, 3.8) is 0 Å². The number of benzene rings is 1. The van der Waals surface area contributed by atoms with Gasteiger partial charge in [-0.25, -0.2) is 4.79 Å². The second-order valence-corrected chi connectivity index (χ2v) is 12.3. The number of esters is 5. The third kappa shape index (κ3) is 5.21. The second kappa shape index (κ2) is 12.0. The van der Waals surface area contributed by atoms with Gasteiger partial charge in [0.05, 0.1) is 7.11 Å². The van der Waals surface area contributed by atoms with Crippen molar-refractivity contribution in [3.8, 4) is 11.5 Å². The number of likely N-dealkylation sites (tertiary alicyclic amines) is 1. The minimum Gasteiger partial charge on any atom is -0.482 e. The van der Waals surface area contributed by atoms with Gasteiger partial charge in [0.2, 0.25) is 6.29 Å². The van der Waals surface area contributed by atoms with Gasteiger partial charge in [0.25, 0.3) is 0 Å². The zero-order chi connectivity index (χ0) is 33.1. The molecule has 3 heterocycles. The van der Waals surface area contributed by atoms with E-state index in [1.54, 1.807) is 6.07 Å². The Morgan fingerprint density at radius 2 is 1.57 bits per heavy atom. The molecule has 3 aliphatic heterocycles. The molecule has 2 aliphatic carbocycles. The molecule has 0 amide bonds. The lowest BCUT2D eigenvalue weighted by atomic mass is 9.53. The van der Waals surface area contributed by atoms with E-state index in [1.165, 1.54) is 6.92 Å². The van der Waals surface area contributed by atoms with E-state index in [-0.39, 0.29) is 12.0 Å². The summed E-state index contributed by atoms with van der Waals surface area (Å²) < 4.78 is 46.2. The molecule has 5 aliphatic rings. The highest BCUT2D eigenvalue weighted by atomic mass is 16.7. The summed E-state index contributed by atoms with van der Waals surface area (Å²) in [6, 6.07) is 3.89. The number of carbonyl (C=O) groups excluding carboxylic acids is 5. The molecule has 2 unspecified atom stereocenters. The fourth-order valence-electron chi connectivity index (χ4n) is 7.91. The van der Waals surface area contributed by atoms with Gasteiger partial charge in [0.15, 0.2) is 35.9 Å². The standard InChI is InChI=1S/C32H37NO13/c1-14(34)40-21-9-7-18-13-20-19-8-10-22(29-32(19,11-12-33(20)5)23(18)24(21)45-29)44-31-28(43-17(4)37)26(42-16(3)36)25(41-15(2)35)27(46-31)30(38)39-6/h7-10,19-20,22,25-29,31H,11-13H2,1-6H3/t19?,20-,22+,25+,26+,27+,28-,29+,31?,32+/m1/s1. The summed E-state index contributed by atoms with van der Waals surface area (Å²) in [6.07, 6.45) is -3.61. The van der Waals surface area contributed by atoms with Crippen LogP contribution in [0.25, 0.3) is 0 Å². The average molecular weight is 644 g/mol. The Morgan fingerprint density at radius 3 is 2.22 bits per heavy atom. The monoisotopic (exact) mass is 643 g/mol. The van der Waals surface area contributed by atoms with Gasteiger partial charge in [0.1, 0.15) is 12.2 Å². The molecule has 0 radical (unpaired) electrons. The molecule has 10 atom stereocenters. The molecule has 0 saturated carbocycles. The normalized spacial score (nSPS) is 35.2. The van der Waals surface area contributed by atoms with Crippen molar-refractivity contribution in [2.45, 2.75) is 94.9 Å². The van der Waals surface area contributed by atoms with Gasteiger partial charge in [-0.15, -0.1) is 0 Å². The van der Waals surface area contributed by atoms with E-state index in [0.29, 0.717) is 17.9 Å². The van der Waals surface area contributed by atoms with Crippen molar-refractivity contribution < 1.29 is 61.9 Å². The van der Waals surface area contributed by atoms with Crippen molar-refractivity contribution >= 4 is 29.8 Å². The molecule has 2 bridgehead atoms. The number of ether oxygens (including phenoxy) is 8. The van der Waals surface area contributed by atoms with E-state index < -0.39 is 78.2 Å². The largest absolute Gasteiger partial charge is 0.482 e. The molecule has 248 valence electrons. The summed E-state index contributed by atoms with van der Waals surface area (Å²) in [5.41, 5.74) is 1.51. The molecule has 2 saturated heterocycles. The van der Waals surface area contributed by atoms with E-state index in [9.17, 15) is 24.0 Å². The van der Waals surface area contributed by atoms with Crippen molar-refractivity contribution in [1.29, 1.82) is 0 Å². The third-order valence-electron chi connectivity index (χ3n) is 9.49. The molecular formula is C32H37NO13. The smallest absolute Gasteiger partial charge is 0.339 e. The maximum atomic E-state index is 12.9. The van der Waals surface area contributed by atoms with Crippen LogP contribution in [0.2, 0.25) is 0 Å². The number of piperidine rings is 1. The predicted molar refractivity (Wildman–Crippen MR) is 153 cm³/mol. The number of carbonyl (C=O) groups is 5. The molecule has 14 heteroatoms. The summed E-state index contributed by atoms with van der Waals surface area (Å²) in [4.78, 5) is 64.0. The number of likely N-dealkylation sites (N-methyl/N-ethyl adjacent to an activating group) is 1. The molecule has 14 nitrogen and oxygen atoms in total. The van der Waals surface area contributed by atoms with Crippen LogP contribution >= 0.6 is 0 Å². The van der Waals surface area contributed by atoms with Crippen LogP contribution < -0.4 is 9.47 Å². The van der Waals surface area contributed by atoms with Crippen molar-refractivity contribution in [1.82, 2.24) is 4.90 Å². The maximum absolute atomic E-state index is 12.9. The van der Waals surface area contributed by atoms with Gasteiger partial charge >= 0.3 is 29.8 Å². The maximum Gasteiger partial charge on any atom is 0.339 e. The van der Waals surface area contributed by atoms with Crippen LogP contribution in [0.3, 0.4) is 0 Å². The summed E-state index contributed by atoms with van der Waals surface area (Å²) in [5.74, 6) is -2.94. The van der Waals surface area contributed by atoms with Gasteiger partial charge in [-0.1, -0.05) is 18.2 Å². The lowest BCUT2D eigenvalue weighted by Crippen LogP contribution is -2.67. The highest BCUT2D eigenvalue weighted by Gasteiger charge is 2.66. The van der Waals surface area contributed by atoms with Crippen molar-refractivity contribution in [3.05, 3.63) is 35.4 Å². The lowest BCUT2D eigenvalue weighted by Gasteiger charge is -2.57. The van der Waals surface area contributed by atoms with E-state index in [0.717, 1.165) is 52.0 Å². The number of methoxy groups -OCH3 is 1. The Hall–Kier alpha value is -4.01. The minimum atomic E-state index is -1.60. The van der Waals surface area contributed by atoms with Crippen molar-refractivity contribution in [2.75, 3.05) is 20.7 Å². The fraction of sp³-hybridized carbons (Fsp3) is 0.594. The van der Waals surface area contributed by atoms with E-state index >= 15 is 0 Å². The number of hydrogen-bond acceptors (Lipinski definition) is 14. The molecule has 1 spiro atoms. The van der Waals surface area contributed by atoms with Crippen molar-refractivity contribution in [2.24, 2.45) is 5.92 Å². The van der Waals surface area contributed by atoms with Crippen LogP contribution in [-0.4, -0.2) is 104 Å². The second-order valence-electron chi connectivity index (χ2n) is 12.3. The molecular weight excluding hydrogens is 606 g/mol. The summed E-state index contributed by atoms with van der Waals surface area (Å²) in [6.45, 7) is 5.48. The summed E-state index contributed by atoms with van der Waals surface area (Å²) >= 11 is 0. The van der Waals surface area contributed by atoms with Gasteiger partial charge < -0.3 is 42.8 Å². The highest BCUT2D eigenvalue weighted by Crippen LogP contribution is 2.63. The first-order valence-corrected chi connectivity index (χ1v) is 15.2. The Kier molecular flexibility index (Phi) is 8.32. The Balaban J connectivity index is 1.42. The SMILES string of the molecule is COC(=O)[C@H]1OC(O[C@H]2C=CC3[C@H]4Cc5ccc(OC(C)=O)c6c5[C@@]3(CCN4C)[C@H]2O6)[C@H](OC(C)=O)[C@@H](OC(C)=O)[C@@H]1OC(C)=O. The zero-order valence-corrected chi connectivity index (χ0v) is 26.4. The highest BCUT2D eigenvalue weighted by molar-refractivity contribution is 5.77.